The van der Waals surface area contributed by atoms with Gasteiger partial charge in [-0.2, -0.15) is 0 Å². The number of ether oxygens (including phenoxy) is 3. The minimum atomic E-state index is -1.61. The third-order valence-electron chi connectivity index (χ3n) is 3.58. The topological polar surface area (TPSA) is 146 Å². The average Bonchev–Trinajstić information content (AvgIpc) is 2.49. The highest BCUT2D eigenvalue weighted by molar-refractivity contribution is 5.91. The Morgan fingerprint density at radius 1 is 1.05 bits per heavy atom. The summed E-state index contributed by atoms with van der Waals surface area (Å²) in [6.07, 6.45) is -7.23. The van der Waals surface area contributed by atoms with Crippen LogP contribution in [0.5, 0.6) is 17.2 Å². The van der Waals surface area contributed by atoms with E-state index in [9.17, 15) is 30.3 Å². The molecule has 9 heteroatoms. The summed E-state index contributed by atoms with van der Waals surface area (Å²) in [5, 5.41) is 48.8. The van der Waals surface area contributed by atoms with Crippen molar-refractivity contribution in [3.8, 4) is 17.2 Å². The molecular formula is C13H14O9. The lowest BCUT2D eigenvalue weighted by molar-refractivity contribution is -0.277. The standard InChI is InChI=1S/C13H14O9/c14-5-1-4-2-6(8(5)15)21-13-11(18)10(17)9(16)7(22-13)3-20-12(4)19/h1-2,7,9-11,13-18H,3H2/t7-,9-,10+,11-,13-/m1/s1. The molecule has 0 spiro atoms. The van der Waals surface area contributed by atoms with Gasteiger partial charge in [0.15, 0.2) is 11.5 Å². The minimum Gasteiger partial charge on any atom is -0.504 e. The van der Waals surface area contributed by atoms with Crippen LogP contribution in [-0.2, 0) is 9.47 Å². The second-order valence-electron chi connectivity index (χ2n) is 5.07. The maximum absolute atomic E-state index is 11.9. The molecule has 2 aliphatic rings. The van der Waals surface area contributed by atoms with Gasteiger partial charge in [0.05, 0.1) is 5.56 Å². The molecule has 3 rings (SSSR count). The fourth-order valence-electron chi connectivity index (χ4n) is 2.32. The van der Waals surface area contributed by atoms with Crippen molar-refractivity contribution in [3.05, 3.63) is 17.7 Å². The van der Waals surface area contributed by atoms with Crippen molar-refractivity contribution in [1.82, 2.24) is 0 Å². The summed E-state index contributed by atoms with van der Waals surface area (Å²) in [6.45, 7) is -0.388. The molecule has 4 bridgehead atoms. The Morgan fingerprint density at radius 3 is 2.50 bits per heavy atom. The van der Waals surface area contributed by atoms with Crippen molar-refractivity contribution in [2.24, 2.45) is 0 Å². The highest BCUT2D eigenvalue weighted by Crippen LogP contribution is 2.39. The van der Waals surface area contributed by atoms with Gasteiger partial charge in [-0.3, -0.25) is 0 Å². The van der Waals surface area contributed by atoms with Crippen molar-refractivity contribution in [1.29, 1.82) is 0 Å². The maximum atomic E-state index is 11.9. The van der Waals surface area contributed by atoms with Crippen LogP contribution >= 0.6 is 0 Å². The number of esters is 1. The normalized spacial score (nSPS) is 34.5. The van der Waals surface area contributed by atoms with Crippen LogP contribution in [0.15, 0.2) is 12.1 Å². The van der Waals surface area contributed by atoms with E-state index in [4.69, 9.17) is 14.2 Å². The maximum Gasteiger partial charge on any atom is 0.338 e. The number of carbonyl (C=O) groups excluding carboxylic acids is 1. The Morgan fingerprint density at radius 2 is 1.77 bits per heavy atom. The van der Waals surface area contributed by atoms with Gasteiger partial charge in [-0.15, -0.1) is 0 Å². The molecule has 1 aromatic rings. The number of fused-ring (bicyclic) bond motifs is 4. The first-order valence-electron chi connectivity index (χ1n) is 6.48. The van der Waals surface area contributed by atoms with Gasteiger partial charge in [0, 0.05) is 0 Å². The first kappa shape index (κ1) is 14.9. The number of phenols is 2. The molecule has 1 aromatic carbocycles. The highest BCUT2D eigenvalue weighted by Gasteiger charge is 2.46. The zero-order valence-electron chi connectivity index (χ0n) is 11.1. The number of aliphatic hydroxyl groups excluding tert-OH is 3. The zero-order chi connectivity index (χ0) is 16.0. The summed E-state index contributed by atoms with van der Waals surface area (Å²) in [5.74, 6) is -2.45. The lowest BCUT2D eigenvalue weighted by atomic mass is 9.99. The van der Waals surface area contributed by atoms with Gasteiger partial charge in [-0.1, -0.05) is 0 Å². The molecule has 0 amide bonds. The van der Waals surface area contributed by atoms with E-state index in [1.807, 2.05) is 0 Å². The van der Waals surface area contributed by atoms with Crippen LogP contribution in [0.4, 0.5) is 0 Å². The van der Waals surface area contributed by atoms with Crippen molar-refractivity contribution < 1.29 is 44.5 Å². The predicted molar refractivity (Wildman–Crippen MR) is 67.4 cm³/mol. The summed E-state index contributed by atoms with van der Waals surface area (Å²) in [4.78, 5) is 11.9. The van der Waals surface area contributed by atoms with E-state index in [-0.39, 0.29) is 17.9 Å². The highest BCUT2D eigenvalue weighted by atomic mass is 16.7. The van der Waals surface area contributed by atoms with E-state index in [2.05, 4.69) is 0 Å². The van der Waals surface area contributed by atoms with Gasteiger partial charge in [-0.25, -0.2) is 4.79 Å². The van der Waals surface area contributed by atoms with Gasteiger partial charge in [0.1, 0.15) is 31.0 Å². The van der Waals surface area contributed by atoms with Gasteiger partial charge in [-0.05, 0) is 12.1 Å². The molecular weight excluding hydrogens is 300 g/mol. The van der Waals surface area contributed by atoms with Crippen molar-refractivity contribution in [3.63, 3.8) is 0 Å². The molecule has 22 heavy (non-hydrogen) atoms. The second-order valence-corrected chi connectivity index (χ2v) is 5.07. The summed E-state index contributed by atoms with van der Waals surface area (Å²) in [7, 11) is 0. The van der Waals surface area contributed by atoms with Crippen molar-refractivity contribution in [2.75, 3.05) is 6.61 Å². The Balaban J connectivity index is 2.03. The fourth-order valence-corrected chi connectivity index (χ4v) is 2.32. The molecule has 9 nitrogen and oxygen atoms in total. The van der Waals surface area contributed by atoms with Gasteiger partial charge in [0.25, 0.3) is 0 Å². The number of cyclic esters (lactones) is 1. The average molecular weight is 314 g/mol. The monoisotopic (exact) mass is 314 g/mol. The van der Waals surface area contributed by atoms with Crippen LogP contribution in [0.2, 0.25) is 0 Å². The van der Waals surface area contributed by atoms with Gasteiger partial charge >= 0.3 is 5.97 Å². The Bertz CT molecular complexity index is 601. The lowest BCUT2D eigenvalue weighted by Gasteiger charge is -2.40. The molecule has 1 saturated heterocycles. The molecule has 0 unspecified atom stereocenters. The first-order chi connectivity index (χ1) is 10.4. The van der Waals surface area contributed by atoms with Crippen LogP contribution in [0.1, 0.15) is 10.4 Å². The molecule has 0 saturated carbocycles. The third kappa shape index (κ3) is 2.33. The summed E-state index contributed by atoms with van der Waals surface area (Å²) in [5.41, 5.74) is -0.0881. The van der Waals surface area contributed by atoms with E-state index >= 15 is 0 Å². The van der Waals surface area contributed by atoms with E-state index in [1.54, 1.807) is 0 Å². The quantitative estimate of drug-likeness (QED) is 0.284. The molecule has 2 aliphatic heterocycles. The van der Waals surface area contributed by atoms with Crippen LogP contribution in [0.25, 0.3) is 0 Å². The van der Waals surface area contributed by atoms with Gasteiger partial charge in [0.2, 0.25) is 12.0 Å². The van der Waals surface area contributed by atoms with E-state index in [1.165, 1.54) is 0 Å². The number of benzene rings is 1. The van der Waals surface area contributed by atoms with E-state index in [0.29, 0.717) is 0 Å². The number of hydrogen-bond acceptors (Lipinski definition) is 9. The molecule has 5 atom stereocenters. The van der Waals surface area contributed by atoms with Crippen LogP contribution in [-0.4, -0.2) is 68.8 Å². The summed E-state index contributed by atoms with van der Waals surface area (Å²) >= 11 is 0. The second kappa shape index (κ2) is 5.29. The molecule has 2 heterocycles. The number of aliphatic hydroxyl groups is 3. The Labute approximate surface area is 123 Å². The van der Waals surface area contributed by atoms with Crippen molar-refractivity contribution >= 4 is 5.97 Å². The smallest absolute Gasteiger partial charge is 0.338 e. The molecule has 1 fully saturated rings. The molecule has 0 radical (unpaired) electrons. The number of aromatic hydroxyl groups is 2. The van der Waals surface area contributed by atoms with Crippen LogP contribution in [0, 0.1) is 0 Å². The summed E-state index contributed by atoms with van der Waals surface area (Å²) in [6, 6.07) is 2.09. The predicted octanol–water partition coefficient (Wildman–Crippen LogP) is -1.55. The fraction of sp³-hybridized carbons (Fsp3) is 0.462. The van der Waals surface area contributed by atoms with Crippen LogP contribution in [0.3, 0.4) is 0 Å². The Kier molecular flexibility index (Phi) is 3.57. The zero-order valence-corrected chi connectivity index (χ0v) is 11.1. The first-order valence-corrected chi connectivity index (χ1v) is 6.48. The molecule has 0 aromatic heterocycles. The van der Waals surface area contributed by atoms with E-state index < -0.39 is 48.2 Å². The van der Waals surface area contributed by atoms with E-state index in [0.717, 1.165) is 12.1 Å². The SMILES string of the molecule is O=C1OC[C@H]2O[C@@H](Oc3cc1cc(O)c3O)[C@H](O)[C@@H](O)[C@@H]2O. The third-order valence-corrected chi connectivity index (χ3v) is 3.58. The lowest BCUT2D eigenvalue weighted by Crippen LogP contribution is -2.60. The number of phenolic OH excluding ortho intramolecular Hbond substituents is 2. The number of hydrogen-bond donors (Lipinski definition) is 5. The van der Waals surface area contributed by atoms with Gasteiger partial charge < -0.3 is 39.7 Å². The molecule has 0 aliphatic carbocycles. The number of carbonyl (C=O) groups is 1. The Hall–Kier alpha value is -2.07. The van der Waals surface area contributed by atoms with Crippen LogP contribution < -0.4 is 4.74 Å². The summed E-state index contributed by atoms with van der Waals surface area (Å²) < 4.78 is 15.4. The molecule has 5 N–H and O–H groups in total. The largest absolute Gasteiger partial charge is 0.504 e. The minimum absolute atomic E-state index is 0.0881. The number of rotatable bonds is 0. The molecule has 120 valence electrons. The van der Waals surface area contributed by atoms with Crippen molar-refractivity contribution in [2.45, 2.75) is 30.7 Å².